The third-order valence-electron chi connectivity index (χ3n) is 22.4. The molecule has 2 saturated heterocycles. The van der Waals surface area contributed by atoms with Crippen LogP contribution in [-0.2, 0) is 23.7 Å². The number of aliphatic hydroxyl groups excluding tert-OH is 6. The highest BCUT2D eigenvalue weighted by atomic mass is 16.8. The minimum Gasteiger partial charge on any atom is -0.394 e. The van der Waals surface area contributed by atoms with Gasteiger partial charge in [0.2, 0.25) is 5.79 Å². The van der Waals surface area contributed by atoms with Crippen molar-refractivity contribution in [3.8, 4) is 0 Å². The normalized spacial score (nSPS) is 24.8. The van der Waals surface area contributed by atoms with Gasteiger partial charge in [0.1, 0.15) is 41.7 Å². The second kappa shape index (κ2) is 61.1. The highest BCUT2D eigenvalue weighted by Gasteiger charge is 2.76. The third-order valence-corrected chi connectivity index (χ3v) is 22.4. The van der Waals surface area contributed by atoms with E-state index in [0.717, 1.165) is 128 Å². The van der Waals surface area contributed by atoms with Crippen LogP contribution in [0.1, 0.15) is 452 Å². The maximum atomic E-state index is 13.8. The zero-order chi connectivity index (χ0) is 69.1. The molecule has 0 aliphatic carbocycles. The van der Waals surface area contributed by atoms with E-state index in [9.17, 15) is 30.6 Å². The molecular formula is C84H166O11. The monoisotopic (exact) mass is 1350 g/mol. The van der Waals surface area contributed by atoms with Crippen molar-refractivity contribution in [2.75, 3.05) is 26.4 Å². The molecule has 2 fully saturated rings. The van der Waals surface area contributed by atoms with Crippen molar-refractivity contribution < 1.29 is 54.3 Å². The molecule has 95 heavy (non-hydrogen) atoms. The minimum absolute atomic E-state index is 0.215. The lowest BCUT2D eigenvalue weighted by atomic mass is 9.62. The molecule has 2 rings (SSSR count). The number of unbranched alkanes of at least 4 members (excludes halogenated alkanes) is 54. The Balaban J connectivity index is 3.06. The number of aliphatic hydroxyl groups is 6. The van der Waals surface area contributed by atoms with Crippen LogP contribution in [0.5, 0.6) is 0 Å². The van der Waals surface area contributed by atoms with E-state index in [1.165, 1.54) is 244 Å². The van der Waals surface area contributed by atoms with Gasteiger partial charge in [0, 0.05) is 19.6 Å². The SMILES string of the molecule is CCCCCCCCCCCCO[C@@]1(CCCCCCCCCCCC)[C@@](CCCCCCCCCCCC)(O[C@@]2(CCCCCCCCCCCC)[C@H](O)[C@@H](O)[C@H](O)O[C@@H]2CO)O[C@H](CO)[C@@H](O)[C@]1(CCCCCCCCCCCC)OCCCCCCCCCCCC. The van der Waals surface area contributed by atoms with Crippen LogP contribution in [0.3, 0.4) is 0 Å². The van der Waals surface area contributed by atoms with E-state index in [4.69, 9.17) is 23.7 Å². The number of hydrogen-bond acceptors (Lipinski definition) is 11. The summed E-state index contributed by atoms with van der Waals surface area (Å²) in [6.07, 6.45) is 61.3. The number of hydrogen-bond donors (Lipinski definition) is 6. The van der Waals surface area contributed by atoms with Crippen LogP contribution in [0.25, 0.3) is 0 Å². The van der Waals surface area contributed by atoms with Crippen molar-refractivity contribution in [1.29, 1.82) is 0 Å². The molecule has 0 bridgehead atoms. The van der Waals surface area contributed by atoms with Gasteiger partial charge in [-0.05, 0) is 38.5 Å². The predicted molar refractivity (Wildman–Crippen MR) is 401 cm³/mol. The van der Waals surface area contributed by atoms with E-state index in [1.807, 2.05) is 0 Å². The van der Waals surface area contributed by atoms with Gasteiger partial charge in [0.15, 0.2) is 11.9 Å². The zero-order valence-corrected chi connectivity index (χ0v) is 64.3. The molecule has 6 N–H and O–H groups in total. The Kier molecular flexibility index (Phi) is 58.3. The summed E-state index contributed by atoms with van der Waals surface area (Å²) < 4.78 is 38.2. The van der Waals surface area contributed by atoms with Crippen LogP contribution in [0, 0.1) is 0 Å². The number of ether oxygens (including phenoxy) is 5. The molecular weight excluding hydrogens is 1180 g/mol. The summed E-state index contributed by atoms with van der Waals surface area (Å²) >= 11 is 0. The Labute approximate surface area is 589 Å². The topological polar surface area (TPSA) is 168 Å². The quantitative estimate of drug-likeness (QED) is 0.0321. The predicted octanol–water partition coefficient (Wildman–Crippen LogP) is 23.2. The van der Waals surface area contributed by atoms with Gasteiger partial charge in [-0.25, -0.2) is 0 Å². The maximum Gasteiger partial charge on any atom is 0.201 e. The first-order valence-electron chi connectivity index (χ1n) is 42.8. The molecule has 11 nitrogen and oxygen atoms in total. The number of rotatable bonds is 72. The summed E-state index contributed by atoms with van der Waals surface area (Å²) in [5.74, 6) is -1.79. The summed E-state index contributed by atoms with van der Waals surface area (Å²) in [5.41, 5.74) is -4.72. The van der Waals surface area contributed by atoms with Crippen molar-refractivity contribution in [2.45, 2.75) is 512 Å². The van der Waals surface area contributed by atoms with Crippen LogP contribution in [0.4, 0.5) is 0 Å². The molecule has 0 saturated carbocycles. The zero-order valence-electron chi connectivity index (χ0n) is 64.3. The van der Waals surface area contributed by atoms with Gasteiger partial charge in [-0.1, -0.05) is 408 Å². The fraction of sp³-hybridized carbons (Fsp3) is 1.00. The van der Waals surface area contributed by atoms with Gasteiger partial charge in [-0.15, -0.1) is 0 Å². The molecule has 0 amide bonds. The first-order chi connectivity index (χ1) is 46.6. The summed E-state index contributed by atoms with van der Waals surface area (Å²) in [7, 11) is 0. The molecule has 2 aliphatic heterocycles. The van der Waals surface area contributed by atoms with Gasteiger partial charge in [-0.2, -0.15) is 0 Å². The van der Waals surface area contributed by atoms with Crippen molar-refractivity contribution in [2.24, 2.45) is 0 Å². The van der Waals surface area contributed by atoms with Crippen molar-refractivity contribution in [3.05, 3.63) is 0 Å². The average molecular weight is 1350 g/mol. The molecule has 0 aromatic heterocycles. The van der Waals surface area contributed by atoms with Crippen molar-refractivity contribution in [1.82, 2.24) is 0 Å². The van der Waals surface area contributed by atoms with Crippen molar-refractivity contribution in [3.63, 3.8) is 0 Å². The fourth-order valence-electron chi connectivity index (χ4n) is 16.3. The first-order valence-corrected chi connectivity index (χ1v) is 42.8. The van der Waals surface area contributed by atoms with E-state index in [-0.39, 0.29) is 6.42 Å². The Morgan fingerprint density at radius 2 is 0.579 bits per heavy atom. The minimum atomic E-state index is -1.79. The standard InChI is InChI=1S/C84H166O11/c1-7-13-19-25-31-37-43-49-55-61-67-81(76(74-86)93-80(90)77(87)79(81)89)95-84(70-64-58-52-46-40-34-28-22-16-10-4)83(69-63-57-51-45-39-33-27-21-15-9-3,92-72-66-60-54-48-42-36-30-24-18-12-6)82(78(88)75(73-85)94-84,68-62-56-50-44-38-32-26-20-14-8-2)91-71-65-59-53-47-41-35-29-23-17-11-5/h75-80,85-90H,7-74H2,1-6H3/t75-,76-,77-,78-,79-,80-,81-,82+,83-,84-/m1/s1. The summed E-state index contributed by atoms with van der Waals surface area (Å²) in [6.45, 7) is 13.4. The van der Waals surface area contributed by atoms with E-state index >= 15 is 0 Å². The second-order valence-corrected chi connectivity index (χ2v) is 30.7. The van der Waals surface area contributed by atoms with Crippen LogP contribution in [0.2, 0.25) is 0 Å². The lowest BCUT2D eigenvalue weighted by Crippen LogP contribution is -2.83. The lowest BCUT2D eigenvalue weighted by Gasteiger charge is -2.67. The summed E-state index contributed by atoms with van der Waals surface area (Å²) in [5, 5.41) is 74.1. The molecule has 0 aromatic rings. The van der Waals surface area contributed by atoms with Crippen LogP contribution >= 0.6 is 0 Å². The molecule has 0 spiro atoms. The Morgan fingerprint density at radius 3 is 0.905 bits per heavy atom. The Morgan fingerprint density at radius 1 is 0.295 bits per heavy atom. The van der Waals surface area contributed by atoms with Gasteiger partial charge in [-0.3, -0.25) is 0 Å². The molecule has 0 radical (unpaired) electrons. The lowest BCUT2D eigenvalue weighted by molar-refractivity contribution is -0.479. The summed E-state index contributed by atoms with van der Waals surface area (Å²) in [6, 6.07) is 0. The van der Waals surface area contributed by atoms with Crippen molar-refractivity contribution >= 4 is 0 Å². The Hall–Kier alpha value is -0.440. The van der Waals surface area contributed by atoms with Gasteiger partial charge in [0.05, 0.1) is 13.2 Å². The highest BCUT2D eigenvalue weighted by molar-refractivity contribution is 5.21. The van der Waals surface area contributed by atoms with Crippen LogP contribution < -0.4 is 0 Å². The molecule has 10 atom stereocenters. The molecule has 0 unspecified atom stereocenters. The van der Waals surface area contributed by atoms with Gasteiger partial charge >= 0.3 is 0 Å². The first kappa shape index (κ1) is 90.6. The van der Waals surface area contributed by atoms with E-state index in [0.29, 0.717) is 45.3 Å². The van der Waals surface area contributed by atoms with Crippen LogP contribution in [0.15, 0.2) is 0 Å². The average Bonchev–Trinajstić information content (AvgIpc) is 0.687. The van der Waals surface area contributed by atoms with Gasteiger partial charge < -0.3 is 54.3 Å². The third kappa shape index (κ3) is 36.5. The summed E-state index contributed by atoms with van der Waals surface area (Å²) in [4.78, 5) is 0. The largest absolute Gasteiger partial charge is 0.394 e. The van der Waals surface area contributed by atoms with Crippen LogP contribution in [-0.4, -0.2) is 116 Å². The molecule has 568 valence electrons. The smallest absolute Gasteiger partial charge is 0.201 e. The molecule has 0 aromatic carbocycles. The molecule has 2 aliphatic rings. The second-order valence-electron chi connectivity index (χ2n) is 30.7. The molecule has 2 heterocycles. The highest BCUT2D eigenvalue weighted by Crippen LogP contribution is 2.59. The Bertz CT molecular complexity index is 1620. The fourth-order valence-corrected chi connectivity index (χ4v) is 16.3. The van der Waals surface area contributed by atoms with E-state index < -0.39 is 72.6 Å². The maximum absolute atomic E-state index is 13.8. The van der Waals surface area contributed by atoms with Gasteiger partial charge in [0.25, 0.3) is 0 Å². The van der Waals surface area contributed by atoms with E-state index in [1.54, 1.807) is 0 Å². The van der Waals surface area contributed by atoms with E-state index in [2.05, 4.69) is 41.5 Å². The molecule has 11 heteroatoms.